The minimum Gasteiger partial charge on any atom is -0.493 e. The third kappa shape index (κ3) is 4.31. The average molecular weight is 492 g/mol. The number of piperazine rings is 1. The standard InChI is InChI=1S/C27H37N7O2/c1-18(2)34-17-22-24(26(34)36)28-27(32-15-13-31(14-16-32)19(3)35)29-25(22)33-12-6-7-23(33)20-8-10-21(11-9-20)30(4)5/h8-11,17-18,23,36H,6-7,12-16H2,1-5H3. The van der Waals surface area contributed by atoms with Gasteiger partial charge in [0.15, 0.2) is 0 Å². The van der Waals surface area contributed by atoms with Gasteiger partial charge in [0.25, 0.3) is 0 Å². The molecular weight excluding hydrogens is 454 g/mol. The number of carbonyl (C=O) groups is 1. The van der Waals surface area contributed by atoms with E-state index in [9.17, 15) is 9.90 Å². The first-order chi connectivity index (χ1) is 17.2. The lowest BCUT2D eigenvalue weighted by Gasteiger charge is -2.35. The lowest BCUT2D eigenvalue weighted by molar-refractivity contribution is -0.129. The number of benzene rings is 1. The van der Waals surface area contributed by atoms with Crippen molar-refractivity contribution in [2.45, 2.75) is 45.7 Å². The van der Waals surface area contributed by atoms with Crippen molar-refractivity contribution in [1.29, 1.82) is 0 Å². The summed E-state index contributed by atoms with van der Waals surface area (Å²) in [5.74, 6) is 1.76. The lowest BCUT2D eigenvalue weighted by Crippen LogP contribution is -2.48. The van der Waals surface area contributed by atoms with Crippen molar-refractivity contribution in [3.63, 3.8) is 0 Å². The summed E-state index contributed by atoms with van der Waals surface area (Å²) in [6, 6.07) is 9.09. The van der Waals surface area contributed by atoms with Gasteiger partial charge in [-0.05, 0) is 44.4 Å². The van der Waals surface area contributed by atoms with Crippen LogP contribution in [0.25, 0.3) is 10.9 Å². The second-order valence-corrected chi connectivity index (χ2v) is 10.4. The van der Waals surface area contributed by atoms with Crippen LogP contribution in [0, 0.1) is 0 Å². The van der Waals surface area contributed by atoms with Gasteiger partial charge in [0.05, 0.1) is 11.4 Å². The predicted molar refractivity (Wildman–Crippen MR) is 144 cm³/mol. The van der Waals surface area contributed by atoms with Crippen LogP contribution < -0.4 is 14.7 Å². The zero-order valence-electron chi connectivity index (χ0n) is 22.0. The van der Waals surface area contributed by atoms with Crippen molar-refractivity contribution in [3.05, 3.63) is 36.0 Å². The van der Waals surface area contributed by atoms with Crippen molar-refractivity contribution in [3.8, 4) is 5.88 Å². The topological polar surface area (TPSA) is 81.0 Å². The van der Waals surface area contributed by atoms with Gasteiger partial charge in [-0.3, -0.25) is 4.79 Å². The van der Waals surface area contributed by atoms with Crippen molar-refractivity contribution in [2.24, 2.45) is 0 Å². The Bertz CT molecular complexity index is 1240. The smallest absolute Gasteiger partial charge is 0.228 e. The van der Waals surface area contributed by atoms with Crippen molar-refractivity contribution in [2.75, 3.05) is 61.5 Å². The Balaban J connectivity index is 1.56. The molecule has 0 spiro atoms. The highest BCUT2D eigenvalue weighted by Crippen LogP contribution is 2.42. The minimum atomic E-state index is 0.0959. The van der Waals surface area contributed by atoms with E-state index >= 15 is 0 Å². The van der Waals surface area contributed by atoms with Crippen LogP contribution >= 0.6 is 0 Å². The van der Waals surface area contributed by atoms with E-state index in [1.54, 1.807) is 6.92 Å². The number of carbonyl (C=O) groups excluding carboxylic acids is 1. The fourth-order valence-electron chi connectivity index (χ4n) is 5.39. The Hall–Kier alpha value is -3.49. The van der Waals surface area contributed by atoms with Gasteiger partial charge in [-0.2, -0.15) is 4.98 Å². The van der Waals surface area contributed by atoms with Gasteiger partial charge in [-0.1, -0.05) is 12.1 Å². The Morgan fingerprint density at radius 1 is 1.06 bits per heavy atom. The third-order valence-electron chi connectivity index (χ3n) is 7.52. The molecule has 1 aromatic carbocycles. The van der Waals surface area contributed by atoms with Crippen molar-refractivity contribution in [1.82, 2.24) is 19.4 Å². The summed E-state index contributed by atoms with van der Waals surface area (Å²) in [6.45, 7) is 9.26. The van der Waals surface area contributed by atoms with Crippen LogP contribution in [0.4, 0.5) is 17.5 Å². The quantitative estimate of drug-likeness (QED) is 0.582. The van der Waals surface area contributed by atoms with Crippen LogP contribution in [-0.2, 0) is 4.79 Å². The largest absolute Gasteiger partial charge is 0.493 e. The van der Waals surface area contributed by atoms with Crippen LogP contribution in [0.1, 0.15) is 51.3 Å². The molecule has 4 heterocycles. The Kier molecular flexibility index (Phi) is 6.40. The summed E-state index contributed by atoms with van der Waals surface area (Å²) in [4.78, 5) is 30.3. The zero-order chi connectivity index (χ0) is 25.6. The summed E-state index contributed by atoms with van der Waals surface area (Å²) in [5, 5.41) is 12.0. The molecule has 0 radical (unpaired) electrons. The maximum atomic E-state index is 11.8. The SMILES string of the molecule is CC(=O)N1CCN(c2nc(N3CCCC3c3ccc(N(C)C)cc3)c3cn(C(C)C)c(O)c3n2)CC1. The van der Waals surface area contributed by atoms with Gasteiger partial charge in [-0.15, -0.1) is 0 Å². The van der Waals surface area contributed by atoms with E-state index in [0.29, 0.717) is 37.6 Å². The monoisotopic (exact) mass is 491 g/mol. The molecule has 2 aliphatic heterocycles. The minimum absolute atomic E-state index is 0.0959. The van der Waals surface area contributed by atoms with E-state index in [1.807, 2.05) is 15.7 Å². The molecule has 2 aliphatic rings. The molecule has 3 aromatic rings. The summed E-state index contributed by atoms with van der Waals surface area (Å²) >= 11 is 0. The fourth-order valence-corrected chi connectivity index (χ4v) is 5.39. The first kappa shape index (κ1) is 24.2. The van der Waals surface area contributed by atoms with Crippen LogP contribution in [0.2, 0.25) is 0 Å². The number of hydrogen-bond acceptors (Lipinski definition) is 7. The van der Waals surface area contributed by atoms with Crippen molar-refractivity contribution >= 4 is 34.3 Å². The summed E-state index contributed by atoms with van der Waals surface area (Å²) in [5.41, 5.74) is 3.04. The molecule has 9 nitrogen and oxygen atoms in total. The van der Waals surface area contributed by atoms with Gasteiger partial charge in [0, 0.05) is 71.7 Å². The fraction of sp³-hybridized carbons (Fsp3) is 0.519. The summed E-state index contributed by atoms with van der Waals surface area (Å²) in [7, 11) is 4.11. The molecule has 0 bridgehead atoms. The molecule has 2 saturated heterocycles. The number of nitrogens with zero attached hydrogens (tertiary/aromatic N) is 7. The van der Waals surface area contributed by atoms with E-state index in [1.165, 1.54) is 11.3 Å². The second-order valence-electron chi connectivity index (χ2n) is 10.4. The first-order valence-electron chi connectivity index (χ1n) is 12.9. The molecular formula is C27H37N7O2. The highest BCUT2D eigenvalue weighted by Gasteiger charge is 2.32. The van der Waals surface area contributed by atoms with Gasteiger partial charge in [-0.25, -0.2) is 4.98 Å². The maximum Gasteiger partial charge on any atom is 0.228 e. The molecule has 2 fully saturated rings. The van der Waals surface area contributed by atoms with Crippen LogP contribution in [0.5, 0.6) is 5.88 Å². The van der Waals surface area contributed by atoms with Crippen LogP contribution in [-0.4, -0.2) is 77.3 Å². The molecule has 0 saturated carbocycles. The molecule has 2 aromatic heterocycles. The number of anilines is 3. The molecule has 36 heavy (non-hydrogen) atoms. The van der Waals surface area contributed by atoms with Gasteiger partial charge in [0.2, 0.25) is 17.7 Å². The number of amides is 1. The van der Waals surface area contributed by atoms with Crippen LogP contribution in [0.3, 0.4) is 0 Å². The van der Waals surface area contributed by atoms with Gasteiger partial charge < -0.3 is 29.3 Å². The second kappa shape index (κ2) is 9.52. The molecule has 192 valence electrons. The normalized spacial score (nSPS) is 18.5. The molecule has 1 unspecified atom stereocenters. The summed E-state index contributed by atoms with van der Waals surface area (Å²) in [6.07, 6.45) is 4.12. The van der Waals surface area contributed by atoms with E-state index in [0.717, 1.165) is 30.6 Å². The number of aromatic nitrogens is 3. The highest BCUT2D eigenvalue weighted by molar-refractivity contribution is 5.94. The third-order valence-corrected chi connectivity index (χ3v) is 7.52. The zero-order valence-corrected chi connectivity index (χ0v) is 22.0. The van der Waals surface area contributed by atoms with Gasteiger partial charge in [0.1, 0.15) is 11.3 Å². The van der Waals surface area contributed by atoms with E-state index in [-0.39, 0.29) is 23.9 Å². The lowest BCUT2D eigenvalue weighted by atomic mass is 10.0. The first-order valence-corrected chi connectivity index (χ1v) is 12.9. The molecule has 9 heteroatoms. The number of rotatable bonds is 5. The Labute approximate surface area is 212 Å². The van der Waals surface area contributed by atoms with Gasteiger partial charge >= 0.3 is 0 Å². The van der Waals surface area contributed by atoms with Crippen molar-refractivity contribution < 1.29 is 9.90 Å². The number of hydrogen-bond donors (Lipinski definition) is 1. The Morgan fingerprint density at radius 2 is 1.75 bits per heavy atom. The molecule has 0 aliphatic carbocycles. The van der Waals surface area contributed by atoms with Crippen LogP contribution in [0.15, 0.2) is 30.5 Å². The molecule has 1 amide bonds. The van der Waals surface area contributed by atoms with E-state index in [4.69, 9.17) is 9.97 Å². The summed E-state index contributed by atoms with van der Waals surface area (Å²) < 4.78 is 1.87. The molecule has 1 atom stereocenters. The molecule has 1 N–H and O–H groups in total. The average Bonchev–Trinajstić information content (AvgIpc) is 3.49. The van der Waals surface area contributed by atoms with E-state index < -0.39 is 0 Å². The Morgan fingerprint density at radius 3 is 2.36 bits per heavy atom. The highest BCUT2D eigenvalue weighted by atomic mass is 16.3. The van der Waals surface area contributed by atoms with E-state index in [2.05, 4.69) is 66.9 Å². The number of fused-ring (bicyclic) bond motifs is 1. The maximum absolute atomic E-state index is 11.8. The molecule has 5 rings (SSSR count). The number of aromatic hydroxyl groups is 1. The predicted octanol–water partition coefficient (Wildman–Crippen LogP) is 3.79.